The highest BCUT2D eigenvalue weighted by molar-refractivity contribution is 7.86. The van der Waals surface area contributed by atoms with E-state index in [1.807, 2.05) is 78.3 Å². The molecule has 7 rings (SSSR count). The molecule has 1 unspecified atom stereocenters. The van der Waals surface area contributed by atoms with Crippen LogP contribution in [0, 0.1) is 0 Å². The fourth-order valence-corrected chi connectivity index (χ4v) is 10.5. The van der Waals surface area contributed by atoms with E-state index in [2.05, 4.69) is 43.9 Å². The number of methoxy groups -OCH3 is 1. The Bertz CT molecular complexity index is 3010. The fourth-order valence-electron chi connectivity index (χ4n) is 9.46. The molecule has 18 heteroatoms. The van der Waals surface area contributed by atoms with E-state index in [4.69, 9.17) is 19.0 Å². The van der Waals surface area contributed by atoms with Gasteiger partial charge in [-0.25, -0.2) is 4.79 Å². The van der Waals surface area contributed by atoms with E-state index in [0.717, 1.165) is 39.3 Å². The number of carbonyl (C=O) groups is 3. The molecule has 3 aromatic rings. The topological polar surface area (TPSA) is 206 Å². The van der Waals surface area contributed by atoms with Gasteiger partial charge in [-0.1, -0.05) is 72.9 Å². The molecule has 2 N–H and O–H groups in total. The van der Waals surface area contributed by atoms with Gasteiger partial charge in [0.1, 0.15) is 18.1 Å². The second-order valence-electron chi connectivity index (χ2n) is 18.4. The molecule has 1 fully saturated rings. The lowest BCUT2D eigenvalue weighted by molar-refractivity contribution is -0.437. The largest absolute Gasteiger partial charge is 0.456 e. The molecule has 0 spiro atoms. The van der Waals surface area contributed by atoms with E-state index in [9.17, 15) is 40.3 Å². The molecule has 1 saturated heterocycles. The minimum Gasteiger partial charge on any atom is -0.456 e. The van der Waals surface area contributed by atoms with Crippen LogP contribution in [-0.4, -0.2) is 110 Å². The Kier molecular flexibility index (Phi) is 16.3. The molecular formula is C53H60N3O13S2+. The van der Waals surface area contributed by atoms with Gasteiger partial charge in [-0.05, 0) is 76.0 Å². The van der Waals surface area contributed by atoms with Gasteiger partial charge in [-0.15, -0.1) is 5.06 Å². The number of anilines is 1. The van der Waals surface area contributed by atoms with Crippen molar-refractivity contribution >= 4 is 72.0 Å². The van der Waals surface area contributed by atoms with Gasteiger partial charge in [0, 0.05) is 85.5 Å². The van der Waals surface area contributed by atoms with Crippen LogP contribution in [0.15, 0.2) is 120 Å². The van der Waals surface area contributed by atoms with Crippen molar-refractivity contribution in [2.24, 2.45) is 0 Å². The van der Waals surface area contributed by atoms with Crippen LogP contribution in [-0.2, 0) is 54.3 Å². The number of benzene rings is 3. The minimum atomic E-state index is -4.64. The van der Waals surface area contributed by atoms with Crippen molar-refractivity contribution in [2.75, 3.05) is 50.7 Å². The Labute approximate surface area is 415 Å². The maximum atomic E-state index is 12.8. The normalized spacial score (nSPS) is 19.5. The van der Waals surface area contributed by atoms with Crippen LogP contribution in [0.2, 0.25) is 0 Å². The summed E-state index contributed by atoms with van der Waals surface area (Å²) in [6, 6.07) is 18.3. The number of rotatable bonds is 21. The molecule has 4 heterocycles. The van der Waals surface area contributed by atoms with Crippen molar-refractivity contribution in [1.29, 1.82) is 0 Å². The van der Waals surface area contributed by atoms with E-state index in [0.29, 0.717) is 54.2 Å². The molecule has 71 heavy (non-hydrogen) atoms. The van der Waals surface area contributed by atoms with E-state index in [1.54, 1.807) is 19.3 Å². The van der Waals surface area contributed by atoms with Gasteiger partial charge in [0.25, 0.3) is 32.1 Å². The van der Waals surface area contributed by atoms with Gasteiger partial charge in [-0.2, -0.15) is 21.4 Å². The Balaban J connectivity index is 1.18. The van der Waals surface area contributed by atoms with Crippen molar-refractivity contribution in [3.8, 4) is 5.75 Å². The average Bonchev–Trinajstić information content (AvgIpc) is 3.74. The zero-order chi connectivity index (χ0) is 51.1. The summed E-state index contributed by atoms with van der Waals surface area (Å²) in [6.07, 6.45) is 17.4. The summed E-state index contributed by atoms with van der Waals surface area (Å²) in [4.78, 5) is 44.1. The van der Waals surface area contributed by atoms with Crippen molar-refractivity contribution < 1.29 is 63.9 Å². The van der Waals surface area contributed by atoms with E-state index in [-0.39, 0.29) is 55.5 Å². The highest BCUT2D eigenvalue weighted by Crippen LogP contribution is 2.47. The predicted octanol–water partition coefficient (Wildman–Crippen LogP) is 8.20. The number of ether oxygens (including phenoxy) is 3. The van der Waals surface area contributed by atoms with Gasteiger partial charge in [0.15, 0.2) is 5.71 Å². The van der Waals surface area contributed by atoms with Gasteiger partial charge < -0.3 is 23.9 Å². The first-order valence-corrected chi connectivity index (χ1v) is 26.4. The van der Waals surface area contributed by atoms with E-state index < -0.39 is 49.2 Å². The summed E-state index contributed by atoms with van der Waals surface area (Å²) in [7, 11) is -7.30. The lowest BCUT2D eigenvalue weighted by atomic mass is 9.75. The van der Waals surface area contributed by atoms with Crippen molar-refractivity contribution in [3.63, 3.8) is 0 Å². The zero-order valence-corrected chi connectivity index (χ0v) is 42.1. The molecule has 0 bridgehead atoms. The lowest BCUT2D eigenvalue weighted by Crippen LogP contribution is -2.46. The van der Waals surface area contributed by atoms with Crippen LogP contribution in [0.4, 0.5) is 11.4 Å². The SMILES string of the molecule is COCCOCCN1c2cc3c(cc2C(C)=CC1(C)C)C(=CC=CC=CC=CC1=[N+](CCCS(=O)(=O)O)c2ccc(S(=O)(=O)O)cc2C1(C)CCCC(=O)ON1C(=O)CCC1=O)C=C(c1ccccc1)O3. The van der Waals surface area contributed by atoms with Crippen molar-refractivity contribution in [2.45, 2.75) is 82.1 Å². The molecular weight excluding hydrogens is 951 g/mol. The molecule has 376 valence electrons. The quantitative estimate of drug-likeness (QED) is 0.0339. The predicted molar refractivity (Wildman–Crippen MR) is 270 cm³/mol. The third-order valence-electron chi connectivity index (χ3n) is 12.9. The van der Waals surface area contributed by atoms with Crippen LogP contribution in [0.1, 0.15) is 88.5 Å². The van der Waals surface area contributed by atoms with Crippen LogP contribution >= 0.6 is 0 Å². The summed E-state index contributed by atoms with van der Waals surface area (Å²) in [5.41, 5.74) is 6.42. The Morgan fingerprint density at radius 2 is 1.59 bits per heavy atom. The monoisotopic (exact) mass is 1010 g/mol. The number of allylic oxidation sites excluding steroid dienone is 10. The fraction of sp³-hybridized carbons (Fsp3) is 0.358. The van der Waals surface area contributed by atoms with Gasteiger partial charge in [0.05, 0.1) is 41.4 Å². The average molecular weight is 1010 g/mol. The van der Waals surface area contributed by atoms with Gasteiger partial charge in [-0.3, -0.25) is 18.7 Å². The van der Waals surface area contributed by atoms with E-state index in [1.165, 1.54) is 18.2 Å². The molecule has 2 amide bonds. The minimum absolute atomic E-state index is 0.0109. The first kappa shape index (κ1) is 52.5. The summed E-state index contributed by atoms with van der Waals surface area (Å²) >= 11 is 0. The second kappa shape index (κ2) is 22.0. The molecule has 0 aromatic heterocycles. The smallest absolute Gasteiger partial charge is 0.333 e. The molecule has 4 aliphatic heterocycles. The number of hydrogen-bond acceptors (Lipinski definition) is 12. The van der Waals surface area contributed by atoms with Crippen LogP contribution in [0.3, 0.4) is 0 Å². The summed E-state index contributed by atoms with van der Waals surface area (Å²) in [5, 5.41) is 0.478. The standard InChI is InChI=1S/C53H59N3O13S2/c1-37-36-52(2,3)55(27-28-67-30-29-66-5)45-35-47-42(34-41(37)45)39(32-46(68-47)38-16-11-9-12-17-38)18-10-7-6-8-13-19-48-53(4,25-14-20-51(59)69-56-49(57)23-24-50(56)58)43-33-40(71(63,64)65)21-22-44(43)54(48)26-15-31-70(60,61)62/h6-13,16-19,21-22,32-36H,14-15,20,23-31H2,1-5H3,(H-,60,61,62,63,64,65)/p+1. The first-order valence-electron chi connectivity index (χ1n) is 23.4. The number of imide groups is 1. The Morgan fingerprint density at radius 3 is 2.30 bits per heavy atom. The summed E-state index contributed by atoms with van der Waals surface area (Å²) < 4.78 is 87.4. The molecule has 1 atom stereocenters. The maximum Gasteiger partial charge on any atom is 0.333 e. The lowest BCUT2D eigenvalue weighted by Gasteiger charge is -2.44. The first-order chi connectivity index (χ1) is 33.7. The maximum absolute atomic E-state index is 12.8. The molecule has 16 nitrogen and oxygen atoms in total. The molecule has 3 aromatic carbocycles. The van der Waals surface area contributed by atoms with Crippen LogP contribution in [0.5, 0.6) is 5.75 Å². The second-order valence-corrected chi connectivity index (χ2v) is 21.4. The third-order valence-corrected chi connectivity index (χ3v) is 14.5. The summed E-state index contributed by atoms with van der Waals surface area (Å²) in [5.74, 6) is -1.14. The third kappa shape index (κ3) is 12.4. The van der Waals surface area contributed by atoms with Gasteiger partial charge in [0.2, 0.25) is 5.69 Å². The van der Waals surface area contributed by atoms with Crippen molar-refractivity contribution in [1.82, 2.24) is 5.06 Å². The highest BCUT2D eigenvalue weighted by atomic mass is 32.2. The van der Waals surface area contributed by atoms with Crippen molar-refractivity contribution in [3.05, 3.63) is 138 Å². The number of carbonyl (C=O) groups excluding carboxylic acids is 3. The summed E-state index contributed by atoms with van der Waals surface area (Å²) in [6.45, 7) is 10.7. The number of fused-ring (bicyclic) bond motifs is 3. The number of amides is 2. The zero-order valence-electron chi connectivity index (χ0n) is 40.5. The number of nitrogens with zero attached hydrogens (tertiary/aromatic N) is 3. The van der Waals surface area contributed by atoms with Crippen LogP contribution in [0.25, 0.3) is 16.9 Å². The molecule has 4 aliphatic rings. The van der Waals surface area contributed by atoms with E-state index >= 15 is 0 Å². The number of hydroxylamine groups is 2. The van der Waals surface area contributed by atoms with Crippen LogP contribution < -0.4 is 9.64 Å². The highest BCUT2D eigenvalue weighted by Gasteiger charge is 2.48. The molecule has 0 aliphatic carbocycles. The Morgan fingerprint density at radius 1 is 0.873 bits per heavy atom. The Hall–Kier alpha value is -6.28. The van der Waals surface area contributed by atoms with Gasteiger partial charge >= 0.3 is 5.97 Å². The molecule has 0 saturated carbocycles. The molecule has 0 radical (unpaired) electrons. The number of hydrogen-bond donors (Lipinski definition) is 2.